The van der Waals surface area contributed by atoms with Crippen molar-refractivity contribution in [2.75, 3.05) is 37.7 Å². The first-order valence-corrected chi connectivity index (χ1v) is 9.07. The highest BCUT2D eigenvalue weighted by molar-refractivity contribution is 7.91. The molecule has 0 saturated carbocycles. The van der Waals surface area contributed by atoms with Gasteiger partial charge in [-0.15, -0.1) is 0 Å². The second-order valence-corrected chi connectivity index (χ2v) is 8.00. The van der Waals surface area contributed by atoms with Crippen LogP contribution >= 0.6 is 0 Å². The zero-order chi connectivity index (χ0) is 13.0. The Morgan fingerprint density at radius 2 is 2.22 bits per heavy atom. The van der Waals surface area contributed by atoms with E-state index in [0.717, 1.165) is 18.9 Å². The van der Waals surface area contributed by atoms with Crippen molar-refractivity contribution in [3.63, 3.8) is 0 Å². The zero-order valence-corrected chi connectivity index (χ0v) is 12.2. The molecule has 4 nitrogen and oxygen atoms in total. The summed E-state index contributed by atoms with van der Waals surface area (Å²) in [6.07, 6.45) is 4.90. The lowest BCUT2D eigenvalue weighted by molar-refractivity contribution is 0.165. The number of likely N-dealkylation sites (tertiary alicyclic amines) is 1. The molecule has 2 fully saturated rings. The normalized spacial score (nSPS) is 33.4. The molecule has 2 atom stereocenters. The molecule has 0 radical (unpaired) electrons. The van der Waals surface area contributed by atoms with Crippen molar-refractivity contribution in [2.24, 2.45) is 5.92 Å². The fraction of sp³-hybridized carbons (Fsp3) is 1.00. The van der Waals surface area contributed by atoms with E-state index in [9.17, 15) is 8.42 Å². The number of hydrogen-bond donors (Lipinski definition) is 1. The predicted octanol–water partition coefficient (Wildman–Crippen LogP) is 0.885. The molecule has 0 aromatic carbocycles. The summed E-state index contributed by atoms with van der Waals surface area (Å²) in [7, 11) is -2.78. The van der Waals surface area contributed by atoms with Crippen LogP contribution in [0.5, 0.6) is 0 Å². The monoisotopic (exact) mass is 274 g/mol. The van der Waals surface area contributed by atoms with Gasteiger partial charge in [-0.1, -0.05) is 13.3 Å². The molecular weight excluding hydrogens is 248 g/mol. The van der Waals surface area contributed by atoms with E-state index in [-0.39, 0.29) is 6.04 Å². The van der Waals surface area contributed by atoms with Crippen LogP contribution in [0.15, 0.2) is 0 Å². The molecule has 0 aromatic heterocycles. The predicted molar refractivity (Wildman–Crippen MR) is 74.5 cm³/mol. The SMILES string of the molecule is CCC1CCCN(CCC2CS(=O)(=O)CCN2)C1. The Hall–Kier alpha value is -0.130. The van der Waals surface area contributed by atoms with E-state index >= 15 is 0 Å². The van der Waals surface area contributed by atoms with Gasteiger partial charge in [-0.25, -0.2) is 8.42 Å². The maximum atomic E-state index is 11.6. The molecule has 5 heteroatoms. The molecule has 0 spiro atoms. The van der Waals surface area contributed by atoms with E-state index in [1.807, 2.05) is 0 Å². The van der Waals surface area contributed by atoms with Crippen molar-refractivity contribution in [3.8, 4) is 0 Å². The van der Waals surface area contributed by atoms with Gasteiger partial charge >= 0.3 is 0 Å². The Bertz CT molecular complexity index is 356. The molecule has 0 aromatic rings. The van der Waals surface area contributed by atoms with Crippen molar-refractivity contribution in [1.82, 2.24) is 10.2 Å². The third-order valence-corrected chi connectivity index (χ3v) is 6.01. The van der Waals surface area contributed by atoms with Gasteiger partial charge in [0.2, 0.25) is 0 Å². The number of sulfone groups is 1. The van der Waals surface area contributed by atoms with E-state index in [1.54, 1.807) is 0 Å². The van der Waals surface area contributed by atoms with E-state index < -0.39 is 9.84 Å². The van der Waals surface area contributed by atoms with Crippen LogP contribution in [0.25, 0.3) is 0 Å². The summed E-state index contributed by atoms with van der Waals surface area (Å²) >= 11 is 0. The number of hydrogen-bond acceptors (Lipinski definition) is 4. The van der Waals surface area contributed by atoms with Gasteiger partial charge in [-0.2, -0.15) is 0 Å². The Morgan fingerprint density at radius 1 is 1.39 bits per heavy atom. The van der Waals surface area contributed by atoms with Crippen LogP contribution in [0.3, 0.4) is 0 Å². The second kappa shape index (κ2) is 6.35. The van der Waals surface area contributed by atoms with Crippen molar-refractivity contribution in [3.05, 3.63) is 0 Å². The van der Waals surface area contributed by atoms with Crippen LogP contribution < -0.4 is 5.32 Å². The van der Waals surface area contributed by atoms with Crippen molar-refractivity contribution in [2.45, 2.75) is 38.6 Å². The lowest BCUT2D eigenvalue weighted by Gasteiger charge is -2.33. The molecule has 1 N–H and O–H groups in total. The van der Waals surface area contributed by atoms with Crippen LogP contribution in [-0.4, -0.2) is 57.0 Å². The summed E-state index contributed by atoms with van der Waals surface area (Å²) in [6.45, 7) is 6.34. The summed E-state index contributed by atoms with van der Waals surface area (Å²) in [5, 5.41) is 3.33. The van der Waals surface area contributed by atoms with Gasteiger partial charge in [0.05, 0.1) is 11.5 Å². The van der Waals surface area contributed by atoms with E-state index in [4.69, 9.17) is 0 Å². The van der Waals surface area contributed by atoms with Gasteiger partial charge in [-0.3, -0.25) is 0 Å². The van der Waals surface area contributed by atoms with Crippen molar-refractivity contribution in [1.29, 1.82) is 0 Å². The topological polar surface area (TPSA) is 49.4 Å². The molecule has 0 bridgehead atoms. The summed E-state index contributed by atoms with van der Waals surface area (Å²) in [5.41, 5.74) is 0. The van der Waals surface area contributed by atoms with E-state index in [1.165, 1.54) is 32.4 Å². The molecular formula is C13H26N2O2S. The smallest absolute Gasteiger partial charge is 0.153 e. The van der Waals surface area contributed by atoms with Crippen LogP contribution in [0.2, 0.25) is 0 Å². The Balaban J connectivity index is 1.74. The maximum Gasteiger partial charge on any atom is 0.153 e. The third kappa shape index (κ3) is 4.21. The van der Waals surface area contributed by atoms with Gasteiger partial charge in [0, 0.05) is 19.1 Å². The zero-order valence-electron chi connectivity index (χ0n) is 11.4. The minimum atomic E-state index is -2.78. The lowest BCUT2D eigenvalue weighted by atomic mass is 9.95. The average Bonchev–Trinajstić information content (AvgIpc) is 2.35. The fourth-order valence-corrected chi connectivity index (χ4v) is 4.57. The minimum Gasteiger partial charge on any atom is -0.312 e. The van der Waals surface area contributed by atoms with Crippen molar-refractivity contribution >= 4 is 9.84 Å². The van der Waals surface area contributed by atoms with Gasteiger partial charge in [0.15, 0.2) is 9.84 Å². The van der Waals surface area contributed by atoms with E-state index in [2.05, 4.69) is 17.1 Å². The number of nitrogens with one attached hydrogen (secondary N) is 1. The molecule has 2 unspecified atom stereocenters. The quantitative estimate of drug-likeness (QED) is 0.827. The molecule has 2 aliphatic rings. The molecule has 0 amide bonds. The third-order valence-electron chi connectivity index (χ3n) is 4.28. The lowest BCUT2D eigenvalue weighted by Crippen LogP contribution is -2.47. The summed E-state index contributed by atoms with van der Waals surface area (Å²) in [6, 6.07) is 0.172. The summed E-state index contributed by atoms with van der Waals surface area (Å²) in [4.78, 5) is 2.51. The number of piperidine rings is 1. The van der Waals surface area contributed by atoms with Gasteiger partial charge in [0.25, 0.3) is 0 Å². The summed E-state index contributed by atoms with van der Waals surface area (Å²) in [5.74, 6) is 1.49. The number of rotatable bonds is 4. The van der Waals surface area contributed by atoms with Gasteiger partial charge in [0.1, 0.15) is 0 Å². The second-order valence-electron chi connectivity index (χ2n) is 5.77. The van der Waals surface area contributed by atoms with E-state index in [0.29, 0.717) is 18.1 Å². The first-order chi connectivity index (χ1) is 8.59. The molecule has 0 aliphatic carbocycles. The minimum absolute atomic E-state index is 0.172. The molecule has 2 saturated heterocycles. The Morgan fingerprint density at radius 3 is 2.94 bits per heavy atom. The summed E-state index contributed by atoms with van der Waals surface area (Å²) < 4.78 is 23.1. The van der Waals surface area contributed by atoms with Crippen LogP contribution in [0, 0.1) is 5.92 Å². The standard InChI is InChI=1S/C13H26N2O2S/c1-2-12-4-3-7-15(10-12)8-5-13-11-18(16,17)9-6-14-13/h12-14H,2-11H2,1H3. The molecule has 2 rings (SSSR count). The highest BCUT2D eigenvalue weighted by Gasteiger charge is 2.25. The maximum absolute atomic E-state index is 11.6. The first kappa shape index (κ1) is 14.3. The Labute approximate surface area is 111 Å². The Kier molecular flexibility index (Phi) is 5.04. The molecule has 2 heterocycles. The van der Waals surface area contributed by atoms with Gasteiger partial charge in [-0.05, 0) is 38.3 Å². The van der Waals surface area contributed by atoms with Crippen LogP contribution in [0.4, 0.5) is 0 Å². The highest BCUT2D eigenvalue weighted by atomic mass is 32.2. The number of nitrogens with zero attached hydrogens (tertiary/aromatic N) is 1. The fourth-order valence-electron chi connectivity index (χ4n) is 3.08. The molecule has 106 valence electrons. The molecule has 2 aliphatic heterocycles. The molecule has 18 heavy (non-hydrogen) atoms. The highest BCUT2D eigenvalue weighted by Crippen LogP contribution is 2.19. The van der Waals surface area contributed by atoms with Crippen LogP contribution in [0.1, 0.15) is 32.6 Å². The van der Waals surface area contributed by atoms with Crippen molar-refractivity contribution < 1.29 is 8.42 Å². The average molecular weight is 274 g/mol. The first-order valence-electron chi connectivity index (χ1n) is 7.25. The van der Waals surface area contributed by atoms with Gasteiger partial charge < -0.3 is 10.2 Å². The largest absolute Gasteiger partial charge is 0.312 e. The van der Waals surface area contributed by atoms with Crippen LogP contribution in [-0.2, 0) is 9.84 Å².